The molecule has 2 aromatic carbocycles. The Morgan fingerprint density at radius 1 is 1.00 bits per heavy atom. The van der Waals surface area contributed by atoms with Crippen molar-refractivity contribution in [1.82, 2.24) is 4.98 Å². The van der Waals surface area contributed by atoms with Crippen LogP contribution < -0.4 is 10.1 Å². The molecule has 0 saturated carbocycles. The van der Waals surface area contributed by atoms with E-state index in [4.69, 9.17) is 4.74 Å². The van der Waals surface area contributed by atoms with Crippen molar-refractivity contribution in [1.29, 1.82) is 0 Å². The fourth-order valence-electron chi connectivity index (χ4n) is 2.28. The van der Waals surface area contributed by atoms with Gasteiger partial charge < -0.3 is 15.2 Å². The van der Waals surface area contributed by atoms with Gasteiger partial charge in [0, 0.05) is 18.1 Å². The lowest BCUT2D eigenvalue weighted by molar-refractivity contribution is -0.124. The van der Waals surface area contributed by atoms with Gasteiger partial charge in [-0.05, 0) is 47.5 Å². The number of carbonyl (C=O) groups is 1. The highest BCUT2D eigenvalue weighted by Gasteiger charge is 2.16. The minimum absolute atomic E-state index is 0.445. The van der Waals surface area contributed by atoms with Gasteiger partial charge in [-0.3, -0.25) is 9.78 Å². The number of ether oxygens (including phenoxy) is 1. The molecule has 1 amide bonds. The third kappa shape index (κ3) is 4.65. The van der Waals surface area contributed by atoms with Crippen LogP contribution in [0.15, 0.2) is 79.1 Å². The Morgan fingerprint density at radius 2 is 1.68 bits per heavy atom. The zero-order chi connectivity index (χ0) is 17.5. The Hall–Kier alpha value is -3.18. The third-order valence-electron chi connectivity index (χ3n) is 3.64. The molecular formula is C20H18N2O3. The lowest BCUT2D eigenvalue weighted by atomic mass is 10.1. The molecule has 0 bridgehead atoms. The van der Waals surface area contributed by atoms with Crippen LogP contribution in [0.4, 0.5) is 5.69 Å². The Kier molecular flexibility index (Phi) is 5.39. The zero-order valence-electron chi connectivity index (χ0n) is 13.5. The highest BCUT2D eigenvalue weighted by atomic mass is 16.5. The molecule has 3 aromatic rings. The summed E-state index contributed by atoms with van der Waals surface area (Å²) in [5, 5.41) is 12.8. The maximum Gasteiger partial charge on any atom is 0.257 e. The molecule has 0 spiro atoms. The fourth-order valence-corrected chi connectivity index (χ4v) is 2.28. The number of hydrogen-bond acceptors (Lipinski definition) is 4. The van der Waals surface area contributed by atoms with Crippen molar-refractivity contribution in [3.63, 3.8) is 0 Å². The van der Waals surface area contributed by atoms with Crippen molar-refractivity contribution < 1.29 is 14.6 Å². The number of pyridine rings is 1. The van der Waals surface area contributed by atoms with Crippen molar-refractivity contribution >= 4 is 11.6 Å². The van der Waals surface area contributed by atoms with Crippen LogP contribution in [-0.2, 0) is 11.4 Å². The smallest absolute Gasteiger partial charge is 0.257 e. The Bertz CT molecular complexity index is 805. The number of aliphatic hydroxyl groups is 1. The second-order valence-corrected chi connectivity index (χ2v) is 5.47. The monoisotopic (exact) mass is 334 g/mol. The van der Waals surface area contributed by atoms with Gasteiger partial charge in [0.25, 0.3) is 5.91 Å². The zero-order valence-corrected chi connectivity index (χ0v) is 13.5. The number of rotatable bonds is 6. The lowest BCUT2D eigenvalue weighted by Gasteiger charge is -2.12. The van der Waals surface area contributed by atoms with Crippen LogP contribution in [0.1, 0.15) is 17.2 Å². The summed E-state index contributed by atoms with van der Waals surface area (Å²) in [7, 11) is 0. The number of nitrogens with one attached hydrogen (secondary N) is 1. The van der Waals surface area contributed by atoms with Crippen molar-refractivity contribution in [3.8, 4) is 5.75 Å². The quantitative estimate of drug-likeness (QED) is 0.725. The first kappa shape index (κ1) is 16.7. The Morgan fingerprint density at radius 3 is 2.36 bits per heavy atom. The van der Waals surface area contributed by atoms with E-state index >= 15 is 0 Å². The lowest BCUT2D eigenvalue weighted by Crippen LogP contribution is -2.20. The predicted octanol–water partition coefficient (Wildman–Crippen LogP) is 3.33. The molecule has 0 saturated heterocycles. The number of hydrogen-bond donors (Lipinski definition) is 2. The summed E-state index contributed by atoms with van der Waals surface area (Å²) >= 11 is 0. The molecular weight excluding hydrogens is 316 g/mol. The second kappa shape index (κ2) is 8.08. The largest absolute Gasteiger partial charge is 0.489 e. The Labute approximate surface area is 145 Å². The molecule has 0 fully saturated rings. The molecule has 0 unspecified atom stereocenters. The third-order valence-corrected chi connectivity index (χ3v) is 3.64. The van der Waals surface area contributed by atoms with E-state index in [2.05, 4.69) is 10.3 Å². The number of anilines is 1. The molecule has 3 rings (SSSR count). The number of nitrogens with zero attached hydrogens (tertiary/aromatic N) is 1. The number of aromatic nitrogens is 1. The average Bonchev–Trinajstić information content (AvgIpc) is 2.68. The molecule has 5 nitrogen and oxygen atoms in total. The van der Waals surface area contributed by atoms with E-state index in [9.17, 15) is 9.90 Å². The van der Waals surface area contributed by atoms with Gasteiger partial charge in [0.05, 0.1) is 0 Å². The van der Waals surface area contributed by atoms with Gasteiger partial charge in [0.2, 0.25) is 0 Å². The molecule has 0 radical (unpaired) electrons. The SMILES string of the molecule is O=C(Nc1ccc(OCc2ccncc2)cc1)[C@@H](O)c1ccccc1. The van der Waals surface area contributed by atoms with Gasteiger partial charge in [-0.25, -0.2) is 0 Å². The van der Waals surface area contributed by atoms with E-state index in [0.717, 1.165) is 5.56 Å². The standard InChI is InChI=1S/C20H18N2O3/c23-19(16-4-2-1-3-5-16)20(24)22-17-6-8-18(9-7-17)25-14-15-10-12-21-13-11-15/h1-13,19,23H,14H2,(H,22,24)/t19-/m0/s1. The Balaban J connectivity index is 1.56. The van der Waals surface area contributed by atoms with Crippen LogP contribution in [-0.4, -0.2) is 16.0 Å². The molecule has 0 aliphatic heterocycles. The van der Waals surface area contributed by atoms with Gasteiger partial charge in [-0.2, -0.15) is 0 Å². The van der Waals surface area contributed by atoms with Crippen molar-refractivity contribution in [2.45, 2.75) is 12.7 Å². The van der Waals surface area contributed by atoms with Gasteiger partial charge in [0.1, 0.15) is 12.4 Å². The summed E-state index contributed by atoms with van der Waals surface area (Å²) in [6, 6.07) is 19.6. The van der Waals surface area contributed by atoms with Crippen LogP contribution in [0.25, 0.3) is 0 Å². The normalized spacial score (nSPS) is 11.6. The molecule has 5 heteroatoms. The highest BCUT2D eigenvalue weighted by molar-refractivity contribution is 5.94. The molecule has 126 valence electrons. The van der Waals surface area contributed by atoms with Crippen LogP contribution in [0, 0.1) is 0 Å². The predicted molar refractivity (Wildman–Crippen MR) is 95.0 cm³/mol. The van der Waals surface area contributed by atoms with Gasteiger partial charge >= 0.3 is 0 Å². The summed E-state index contributed by atoms with van der Waals surface area (Å²) in [6.07, 6.45) is 2.23. The fraction of sp³-hybridized carbons (Fsp3) is 0.100. The van der Waals surface area contributed by atoms with E-state index in [1.165, 1.54) is 0 Å². The highest BCUT2D eigenvalue weighted by Crippen LogP contribution is 2.19. The molecule has 0 aliphatic rings. The first-order valence-corrected chi connectivity index (χ1v) is 7.88. The van der Waals surface area contributed by atoms with Gasteiger partial charge in [-0.15, -0.1) is 0 Å². The van der Waals surface area contributed by atoms with E-state index in [0.29, 0.717) is 23.6 Å². The maximum absolute atomic E-state index is 12.1. The number of benzene rings is 2. The summed E-state index contributed by atoms with van der Waals surface area (Å²) in [6.45, 7) is 0.445. The number of amides is 1. The van der Waals surface area contributed by atoms with Crippen molar-refractivity contribution in [2.75, 3.05) is 5.32 Å². The van der Waals surface area contributed by atoms with Crippen LogP contribution in [0.3, 0.4) is 0 Å². The first-order chi connectivity index (χ1) is 12.2. The second-order valence-electron chi connectivity index (χ2n) is 5.47. The van der Waals surface area contributed by atoms with E-state index in [1.54, 1.807) is 60.9 Å². The van der Waals surface area contributed by atoms with Crippen molar-refractivity contribution in [3.05, 3.63) is 90.3 Å². The van der Waals surface area contributed by atoms with Crippen LogP contribution >= 0.6 is 0 Å². The average molecular weight is 334 g/mol. The summed E-state index contributed by atoms with van der Waals surface area (Å²) in [5.74, 6) is 0.218. The summed E-state index contributed by atoms with van der Waals surface area (Å²) in [4.78, 5) is 16.1. The molecule has 25 heavy (non-hydrogen) atoms. The number of carbonyl (C=O) groups excluding carboxylic acids is 1. The molecule has 1 heterocycles. The van der Waals surface area contributed by atoms with E-state index < -0.39 is 12.0 Å². The van der Waals surface area contributed by atoms with Gasteiger partial charge in [0.15, 0.2) is 6.10 Å². The number of aliphatic hydroxyl groups excluding tert-OH is 1. The van der Waals surface area contributed by atoms with Crippen LogP contribution in [0.5, 0.6) is 5.75 Å². The van der Waals surface area contributed by atoms with Crippen LogP contribution in [0.2, 0.25) is 0 Å². The van der Waals surface area contributed by atoms with Crippen molar-refractivity contribution in [2.24, 2.45) is 0 Å². The summed E-state index contributed by atoms with van der Waals surface area (Å²) in [5.41, 5.74) is 2.17. The first-order valence-electron chi connectivity index (χ1n) is 7.88. The minimum Gasteiger partial charge on any atom is -0.489 e. The van der Waals surface area contributed by atoms with E-state index in [1.807, 2.05) is 18.2 Å². The van der Waals surface area contributed by atoms with Gasteiger partial charge in [-0.1, -0.05) is 30.3 Å². The topological polar surface area (TPSA) is 71.5 Å². The maximum atomic E-state index is 12.1. The molecule has 0 aliphatic carbocycles. The molecule has 1 aromatic heterocycles. The summed E-state index contributed by atoms with van der Waals surface area (Å²) < 4.78 is 5.68. The van der Waals surface area contributed by atoms with E-state index in [-0.39, 0.29) is 0 Å². The minimum atomic E-state index is -1.20. The molecule has 1 atom stereocenters. The molecule has 2 N–H and O–H groups in total.